The number of carbonyl (C=O) groups excluding carboxylic acids is 1. The zero-order valence-corrected chi connectivity index (χ0v) is 19.4. The maximum absolute atomic E-state index is 13.0. The summed E-state index contributed by atoms with van der Waals surface area (Å²) in [5.41, 5.74) is 6.31. The third kappa shape index (κ3) is 5.83. The smallest absolute Gasteiger partial charge is 0.260 e. The van der Waals surface area contributed by atoms with Gasteiger partial charge in [0.2, 0.25) is 5.91 Å². The van der Waals surface area contributed by atoms with Crippen molar-refractivity contribution in [3.63, 3.8) is 0 Å². The molecule has 174 valence electrons. The molecule has 1 aromatic rings. The zero-order valence-electron chi connectivity index (χ0n) is 18.5. The minimum Gasteiger partial charge on any atom is -0.390 e. The van der Waals surface area contributed by atoms with Crippen molar-refractivity contribution in [3.05, 3.63) is 24.4 Å². The molecular weight excluding hydrogens is 416 g/mol. The Morgan fingerprint density at radius 3 is 2.68 bits per heavy atom. The molecule has 2 aliphatic rings. The van der Waals surface area contributed by atoms with Gasteiger partial charge in [-0.1, -0.05) is 32.3 Å². The summed E-state index contributed by atoms with van der Waals surface area (Å²) in [5, 5.41) is 13.6. The summed E-state index contributed by atoms with van der Waals surface area (Å²) < 4.78 is 27.4. The molecule has 4 N–H and O–H groups in total. The van der Waals surface area contributed by atoms with Crippen molar-refractivity contribution in [2.45, 2.75) is 94.5 Å². The van der Waals surface area contributed by atoms with E-state index in [1.807, 2.05) is 6.92 Å². The number of carbonyl (C=O) groups is 1. The number of nitrogens with one attached hydrogen (secondary N) is 1. The topological polar surface area (TPSA) is 126 Å². The lowest BCUT2D eigenvalue weighted by Gasteiger charge is -2.35. The number of hydrogen-bond donors (Lipinski definition) is 3. The summed E-state index contributed by atoms with van der Waals surface area (Å²) in [6.07, 6.45) is 7.77. The molecule has 9 heteroatoms. The van der Waals surface area contributed by atoms with Crippen LogP contribution in [0.1, 0.15) is 65.2 Å². The summed E-state index contributed by atoms with van der Waals surface area (Å²) >= 11 is 0. The monoisotopic (exact) mass is 452 g/mol. The summed E-state index contributed by atoms with van der Waals surface area (Å²) in [7, 11) is -3.84. The van der Waals surface area contributed by atoms with Gasteiger partial charge < -0.3 is 16.2 Å². The lowest BCUT2D eigenvalue weighted by molar-refractivity contribution is -0.124. The number of aliphatic hydroxyl groups excluding tert-OH is 1. The van der Waals surface area contributed by atoms with Crippen molar-refractivity contribution in [1.29, 1.82) is 0 Å². The lowest BCUT2D eigenvalue weighted by atomic mass is 9.72. The van der Waals surface area contributed by atoms with E-state index in [-0.39, 0.29) is 28.9 Å². The molecule has 8 nitrogen and oxygen atoms in total. The molecular formula is C22H36N4O4S. The number of pyridine rings is 1. The molecule has 4 atom stereocenters. The van der Waals surface area contributed by atoms with Gasteiger partial charge in [-0.3, -0.25) is 4.79 Å². The molecule has 1 aliphatic heterocycles. The standard InChI is InChI=1S/C22H36N4O4S/c1-16-9-10-18(25-21(28)17(23)14-22(2)11-5-3-6-12-22)19(27)15-26(16)31(29,30)20-8-4-7-13-24-20/h4,7-8,13,16-19,27H,3,5-6,9-12,14-15,23H2,1-2H3,(H,25,28)/t16-,17?,18+,19+/m1/s1. The SMILES string of the molecule is C[C@@H]1CC[C@H](NC(=O)C(N)CC2(C)CCCCC2)[C@@H](O)CN1S(=O)(=O)c1ccccn1. The Bertz CT molecular complexity index is 842. The predicted octanol–water partition coefficient (Wildman–Crippen LogP) is 1.79. The molecule has 1 saturated heterocycles. The first-order valence-corrected chi connectivity index (χ1v) is 12.7. The maximum atomic E-state index is 13.0. The van der Waals surface area contributed by atoms with Crippen LogP contribution in [0.3, 0.4) is 0 Å². The van der Waals surface area contributed by atoms with Crippen LogP contribution in [0.15, 0.2) is 29.4 Å². The molecule has 1 aromatic heterocycles. The number of aromatic nitrogens is 1. The first-order chi connectivity index (χ1) is 14.6. The van der Waals surface area contributed by atoms with E-state index in [9.17, 15) is 18.3 Å². The van der Waals surface area contributed by atoms with Crippen molar-refractivity contribution < 1.29 is 18.3 Å². The highest BCUT2D eigenvalue weighted by Gasteiger charge is 2.38. The second-order valence-corrected chi connectivity index (χ2v) is 11.4. The molecule has 0 spiro atoms. The maximum Gasteiger partial charge on any atom is 0.260 e. The van der Waals surface area contributed by atoms with E-state index in [1.165, 1.54) is 35.8 Å². The van der Waals surface area contributed by atoms with Gasteiger partial charge in [-0.15, -0.1) is 0 Å². The summed E-state index contributed by atoms with van der Waals surface area (Å²) in [6.45, 7) is 3.91. The van der Waals surface area contributed by atoms with Crippen LogP contribution >= 0.6 is 0 Å². The van der Waals surface area contributed by atoms with Crippen LogP contribution in [0.5, 0.6) is 0 Å². The van der Waals surface area contributed by atoms with E-state index in [2.05, 4.69) is 17.2 Å². The Balaban J connectivity index is 1.64. The van der Waals surface area contributed by atoms with Gasteiger partial charge in [0.1, 0.15) is 0 Å². The Morgan fingerprint density at radius 2 is 2.03 bits per heavy atom. The van der Waals surface area contributed by atoms with Gasteiger partial charge in [0.15, 0.2) is 5.03 Å². The number of aliphatic hydroxyl groups is 1. The molecule has 1 unspecified atom stereocenters. The Morgan fingerprint density at radius 1 is 1.32 bits per heavy atom. The van der Waals surface area contributed by atoms with Crippen molar-refractivity contribution in [2.75, 3.05) is 6.54 Å². The highest BCUT2D eigenvalue weighted by molar-refractivity contribution is 7.89. The third-order valence-corrected chi connectivity index (χ3v) is 8.76. The first-order valence-electron chi connectivity index (χ1n) is 11.3. The Hall–Kier alpha value is -1.55. The molecule has 2 heterocycles. The van der Waals surface area contributed by atoms with Crippen LogP contribution in [-0.4, -0.2) is 59.5 Å². The van der Waals surface area contributed by atoms with Crippen molar-refractivity contribution >= 4 is 15.9 Å². The van der Waals surface area contributed by atoms with Gasteiger partial charge in [-0.05, 0) is 56.6 Å². The van der Waals surface area contributed by atoms with E-state index < -0.39 is 28.2 Å². The molecule has 2 fully saturated rings. The van der Waals surface area contributed by atoms with E-state index in [4.69, 9.17) is 5.73 Å². The van der Waals surface area contributed by atoms with Gasteiger partial charge in [0.25, 0.3) is 10.0 Å². The Kier molecular flexibility index (Phi) is 7.72. The highest BCUT2D eigenvalue weighted by Crippen LogP contribution is 2.39. The molecule has 1 aliphatic carbocycles. The third-order valence-electron chi connectivity index (χ3n) is 6.87. The highest BCUT2D eigenvalue weighted by atomic mass is 32.2. The number of nitrogens with zero attached hydrogens (tertiary/aromatic N) is 2. The fraction of sp³-hybridized carbons (Fsp3) is 0.727. The molecule has 1 saturated carbocycles. The van der Waals surface area contributed by atoms with Crippen LogP contribution in [0.4, 0.5) is 0 Å². The van der Waals surface area contributed by atoms with E-state index in [1.54, 1.807) is 12.1 Å². The predicted molar refractivity (Wildman–Crippen MR) is 119 cm³/mol. The van der Waals surface area contributed by atoms with Gasteiger partial charge in [-0.25, -0.2) is 13.4 Å². The molecule has 3 rings (SSSR count). The first kappa shape index (κ1) is 24.1. The van der Waals surface area contributed by atoms with Crippen LogP contribution < -0.4 is 11.1 Å². The van der Waals surface area contributed by atoms with Gasteiger partial charge in [-0.2, -0.15) is 4.31 Å². The van der Waals surface area contributed by atoms with Crippen LogP contribution in [-0.2, 0) is 14.8 Å². The number of nitrogens with two attached hydrogens (primary N) is 1. The normalized spacial score (nSPS) is 28.5. The fourth-order valence-electron chi connectivity index (χ4n) is 4.89. The minimum absolute atomic E-state index is 0.0423. The molecule has 31 heavy (non-hydrogen) atoms. The molecule has 1 amide bonds. The van der Waals surface area contributed by atoms with Gasteiger partial charge in [0, 0.05) is 18.8 Å². The van der Waals surface area contributed by atoms with Crippen LogP contribution in [0, 0.1) is 5.41 Å². The average Bonchev–Trinajstić information content (AvgIpc) is 2.88. The molecule has 0 bridgehead atoms. The summed E-state index contributed by atoms with van der Waals surface area (Å²) in [4.78, 5) is 16.7. The van der Waals surface area contributed by atoms with E-state index in [0.29, 0.717) is 19.3 Å². The lowest BCUT2D eigenvalue weighted by Crippen LogP contribution is -2.52. The van der Waals surface area contributed by atoms with Gasteiger partial charge >= 0.3 is 0 Å². The quantitative estimate of drug-likeness (QED) is 0.604. The van der Waals surface area contributed by atoms with Crippen LogP contribution in [0.25, 0.3) is 0 Å². The second-order valence-electron chi connectivity index (χ2n) is 9.53. The fourth-order valence-corrected chi connectivity index (χ4v) is 6.51. The van der Waals surface area contributed by atoms with Crippen LogP contribution in [0.2, 0.25) is 0 Å². The summed E-state index contributed by atoms with van der Waals surface area (Å²) in [6, 6.07) is 3.23. The number of rotatable bonds is 6. The van der Waals surface area contributed by atoms with E-state index in [0.717, 1.165) is 12.8 Å². The second kappa shape index (κ2) is 9.94. The molecule has 0 radical (unpaired) electrons. The largest absolute Gasteiger partial charge is 0.390 e. The number of amides is 1. The van der Waals surface area contributed by atoms with Crippen molar-refractivity contribution in [3.8, 4) is 0 Å². The summed E-state index contributed by atoms with van der Waals surface area (Å²) in [5.74, 6) is -0.274. The average molecular weight is 453 g/mol. The van der Waals surface area contributed by atoms with Crippen molar-refractivity contribution in [1.82, 2.24) is 14.6 Å². The minimum atomic E-state index is -3.84. The Labute approximate surface area is 185 Å². The van der Waals surface area contributed by atoms with E-state index >= 15 is 0 Å². The number of β-amino-alcohol motifs (C(OH)–C–C–N with tert-alkyl or cyclic N) is 1. The number of sulfonamides is 1. The van der Waals surface area contributed by atoms with Crippen molar-refractivity contribution in [2.24, 2.45) is 11.1 Å². The molecule has 0 aromatic carbocycles. The van der Waals surface area contributed by atoms with Gasteiger partial charge in [0.05, 0.1) is 18.2 Å². The number of hydrogen-bond acceptors (Lipinski definition) is 6. The zero-order chi connectivity index (χ0) is 22.6.